The van der Waals surface area contributed by atoms with Gasteiger partial charge in [-0.05, 0) is 30.3 Å². The number of carbonyl (C=O) groups excluding carboxylic acids is 1. The molecular weight excluding hydrogens is 300 g/mol. The summed E-state index contributed by atoms with van der Waals surface area (Å²) in [6, 6.07) is 8.62. The summed E-state index contributed by atoms with van der Waals surface area (Å²) in [6.07, 6.45) is 4.91. The zero-order valence-electron chi connectivity index (χ0n) is 11.2. The Morgan fingerprint density at radius 1 is 1.32 bits per heavy atom. The standard InChI is InChI=1S/C15H10N4O2S/c20-10-3-4-12-13(6-10)22-15-18-11(8-19(12)15)14(21)17-9-2-1-5-16-7-9/h1-8,20H,(H,17,21). The van der Waals surface area contributed by atoms with Crippen LogP contribution in [0.4, 0.5) is 5.69 Å². The van der Waals surface area contributed by atoms with Gasteiger partial charge < -0.3 is 10.4 Å². The molecule has 108 valence electrons. The Morgan fingerprint density at radius 3 is 3.05 bits per heavy atom. The predicted octanol–water partition coefficient (Wildman–Crippen LogP) is 2.90. The highest BCUT2D eigenvalue weighted by atomic mass is 32.1. The first-order chi connectivity index (χ1) is 10.7. The number of carbonyl (C=O) groups is 1. The molecule has 0 aliphatic rings. The van der Waals surface area contributed by atoms with Crippen LogP contribution in [0.1, 0.15) is 10.5 Å². The first-order valence-corrected chi connectivity index (χ1v) is 7.34. The zero-order valence-corrected chi connectivity index (χ0v) is 12.0. The van der Waals surface area contributed by atoms with Crippen molar-refractivity contribution in [1.82, 2.24) is 14.4 Å². The minimum Gasteiger partial charge on any atom is -0.508 e. The van der Waals surface area contributed by atoms with Gasteiger partial charge in [0.15, 0.2) is 4.96 Å². The van der Waals surface area contributed by atoms with E-state index in [0.717, 1.165) is 10.2 Å². The lowest BCUT2D eigenvalue weighted by Crippen LogP contribution is -2.12. The molecule has 4 aromatic rings. The Bertz CT molecular complexity index is 991. The molecule has 0 unspecified atom stereocenters. The lowest BCUT2D eigenvalue weighted by Gasteiger charge is -2.01. The molecule has 0 atom stereocenters. The van der Waals surface area contributed by atoms with Gasteiger partial charge in [-0.25, -0.2) is 4.98 Å². The molecule has 0 aliphatic heterocycles. The van der Waals surface area contributed by atoms with Crippen molar-refractivity contribution in [1.29, 1.82) is 0 Å². The average Bonchev–Trinajstić information content (AvgIpc) is 3.05. The topological polar surface area (TPSA) is 79.5 Å². The van der Waals surface area contributed by atoms with Gasteiger partial charge in [0.2, 0.25) is 0 Å². The summed E-state index contributed by atoms with van der Waals surface area (Å²) in [4.78, 5) is 21.2. The molecular formula is C15H10N4O2S. The minimum absolute atomic E-state index is 0.214. The third-order valence-electron chi connectivity index (χ3n) is 3.23. The van der Waals surface area contributed by atoms with Gasteiger partial charge in [0.1, 0.15) is 11.4 Å². The third kappa shape index (κ3) is 2.08. The van der Waals surface area contributed by atoms with Crippen LogP contribution in [0.25, 0.3) is 15.2 Å². The van der Waals surface area contributed by atoms with Gasteiger partial charge >= 0.3 is 0 Å². The Balaban J connectivity index is 1.72. The molecule has 6 nitrogen and oxygen atoms in total. The van der Waals surface area contributed by atoms with Gasteiger partial charge in [-0.1, -0.05) is 11.3 Å². The number of fused-ring (bicyclic) bond motifs is 3. The van der Waals surface area contributed by atoms with E-state index in [1.807, 2.05) is 4.40 Å². The minimum atomic E-state index is -0.282. The maximum Gasteiger partial charge on any atom is 0.275 e. The molecule has 0 saturated carbocycles. The van der Waals surface area contributed by atoms with E-state index >= 15 is 0 Å². The van der Waals surface area contributed by atoms with Crippen LogP contribution in [-0.4, -0.2) is 25.4 Å². The number of anilines is 1. The molecule has 2 N–H and O–H groups in total. The van der Waals surface area contributed by atoms with Crippen LogP contribution in [0.5, 0.6) is 5.75 Å². The van der Waals surface area contributed by atoms with E-state index in [4.69, 9.17) is 0 Å². The number of aromatic hydroxyl groups is 1. The number of nitrogens with one attached hydrogen (secondary N) is 1. The number of imidazole rings is 1. The van der Waals surface area contributed by atoms with Crippen LogP contribution in [0.3, 0.4) is 0 Å². The highest BCUT2D eigenvalue weighted by Crippen LogP contribution is 2.29. The van der Waals surface area contributed by atoms with Crippen molar-refractivity contribution >= 4 is 38.1 Å². The summed E-state index contributed by atoms with van der Waals surface area (Å²) in [5.41, 5.74) is 1.87. The smallest absolute Gasteiger partial charge is 0.275 e. The quantitative estimate of drug-likeness (QED) is 0.596. The number of aromatic nitrogens is 3. The lowest BCUT2D eigenvalue weighted by molar-refractivity contribution is 0.102. The van der Waals surface area contributed by atoms with Gasteiger partial charge in [-0.15, -0.1) is 0 Å². The van der Waals surface area contributed by atoms with Gasteiger partial charge in [-0.3, -0.25) is 14.2 Å². The van der Waals surface area contributed by atoms with E-state index in [0.29, 0.717) is 16.3 Å². The SMILES string of the molecule is O=C(Nc1cccnc1)c1cn2c(n1)sc1cc(O)ccc12. The highest BCUT2D eigenvalue weighted by molar-refractivity contribution is 7.23. The normalized spacial score (nSPS) is 11.1. The summed E-state index contributed by atoms with van der Waals surface area (Å²) in [7, 11) is 0. The number of hydrogen-bond acceptors (Lipinski definition) is 5. The number of phenolic OH excluding ortho intramolecular Hbond substituents is 1. The fourth-order valence-electron chi connectivity index (χ4n) is 2.23. The second kappa shape index (κ2) is 4.81. The second-order valence-electron chi connectivity index (χ2n) is 4.73. The first kappa shape index (κ1) is 12.8. The Morgan fingerprint density at radius 2 is 2.23 bits per heavy atom. The van der Waals surface area contributed by atoms with Gasteiger partial charge in [0.05, 0.1) is 22.1 Å². The zero-order chi connectivity index (χ0) is 15.1. The van der Waals surface area contributed by atoms with Crippen molar-refractivity contribution < 1.29 is 9.90 Å². The fourth-order valence-corrected chi connectivity index (χ4v) is 3.27. The van der Waals surface area contributed by atoms with Crippen molar-refractivity contribution in [3.05, 3.63) is 54.6 Å². The summed E-state index contributed by atoms with van der Waals surface area (Å²) in [5.74, 6) is -0.0672. The molecule has 3 heterocycles. The van der Waals surface area contributed by atoms with E-state index in [1.54, 1.807) is 48.9 Å². The third-order valence-corrected chi connectivity index (χ3v) is 4.25. The number of pyridine rings is 1. The molecule has 1 aromatic carbocycles. The maximum absolute atomic E-state index is 12.2. The molecule has 0 fully saturated rings. The summed E-state index contributed by atoms with van der Waals surface area (Å²) in [6.45, 7) is 0. The maximum atomic E-state index is 12.2. The van der Waals surface area contributed by atoms with Crippen LogP contribution in [0.15, 0.2) is 48.9 Å². The molecule has 22 heavy (non-hydrogen) atoms. The van der Waals surface area contributed by atoms with E-state index in [2.05, 4.69) is 15.3 Å². The number of phenols is 1. The Hall–Kier alpha value is -2.93. The first-order valence-electron chi connectivity index (χ1n) is 6.53. The molecule has 4 rings (SSSR count). The molecule has 0 radical (unpaired) electrons. The van der Waals surface area contributed by atoms with E-state index in [1.165, 1.54) is 11.3 Å². The fraction of sp³-hybridized carbons (Fsp3) is 0. The molecule has 0 saturated heterocycles. The molecule has 0 aliphatic carbocycles. The largest absolute Gasteiger partial charge is 0.508 e. The summed E-state index contributed by atoms with van der Waals surface area (Å²) < 4.78 is 2.76. The van der Waals surface area contributed by atoms with Crippen molar-refractivity contribution in [2.45, 2.75) is 0 Å². The van der Waals surface area contributed by atoms with Gasteiger partial charge in [0, 0.05) is 12.4 Å². The number of nitrogens with zero attached hydrogens (tertiary/aromatic N) is 3. The molecule has 7 heteroatoms. The number of hydrogen-bond donors (Lipinski definition) is 2. The van der Waals surface area contributed by atoms with Crippen LogP contribution in [0.2, 0.25) is 0 Å². The number of benzene rings is 1. The number of thiazole rings is 1. The van der Waals surface area contributed by atoms with Crippen molar-refractivity contribution in [2.75, 3.05) is 5.32 Å². The van der Waals surface area contributed by atoms with Crippen LogP contribution in [-0.2, 0) is 0 Å². The summed E-state index contributed by atoms with van der Waals surface area (Å²) >= 11 is 1.42. The van der Waals surface area contributed by atoms with E-state index in [9.17, 15) is 9.90 Å². The monoisotopic (exact) mass is 310 g/mol. The van der Waals surface area contributed by atoms with Crippen LogP contribution in [0, 0.1) is 0 Å². The number of amides is 1. The Labute approximate surface area is 128 Å². The summed E-state index contributed by atoms with van der Waals surface area (Å²) in [5, 5.41) is 12.3. The number of rotatable bonds is 2. The average molecular weight is 310 g/mol. The van der Waals surface area contributed by atoms with Crippen molar-refractivity contribution in [2.24, 2.45) is 0 Å². The van der Waals surface area contributed by atoms with E-state index < -0.39 is 0 Å². The molecule has 0 bridgehead atoms. The second-order valence-corrected chi connectivity index (χ2v) is 5.74. The molecule has 0 spiro atoms. The van der Waals surface area contributed by atoms with Crippen LogP contribution < -0.4 is 5.32 Å². The molecule has 3 aromatic heterocycles. The lowest BCUT2D eigenvalue weighted by atomic mass is 10.3. The molecule has 1 amide bonds. The highest BCUT2D eigenvalue weighted by Gasteiger charge is 2.14. The van der Waals surface area contributed by atoms with Gasteiger partial charge in [-0.2, -0.15) is 0 Å². The van der Waals surface area contributed by atoms with Crippen LogP contribution >= 0.6 is 11.3 Å². The van der Waals surface area contributed by atoms with Crippen molar-refractivity contribution in [3.63, 3.8) is 0 Å². The predicted molar refractivity (Wildman–Crippen MR) is 84.4 cm³/mol. The Kier molecular flexibility index (Phi) is 2.80. The van der Waals surface area contributed by atoms with Gasteiger partial charge in [0.25, 0.3) is 5.91 Å². The van der Waals surface area contributed by atoms with Crippen molar-refractivity contribution in [3.8, 4) is 5.75 Å². The van der Waals surface area contributed by atoms with E-state index in [-0.39, 0.29) is 11.7 Å².